The first-order chi connectivity index (χ1) is 14.4. The number of unbranched alkanes of at least 4 members (excludes halogenated alkanes) is 11. The van der Waals surface area contributed by atoms with Crippen molar-refractivity contribution in [3.8, 4) is 0 Å². The van der Waals surface area contributed by atoms with Crippen LogP contribution in [0.15, 0.2) is 18.2 Å². The third kappa shape index (κ3) is 12.0. The van der Waals surface area contributed by atoms with Crippen molar-refractivity contribution in [1.82, 2.24) is 0 Å². The molecule has 0 aromatic heterocycles. The molecule has 0 fully saturated rings. The topological polar surface area (TPSA) is 29.1 Å². The molecule has 1 N–H and O–H groups in total. The van der Waals surface area contributed by atoms with E-state index in [2.05, 4.69) is 58.1 Å². The summed E-state index contributed by atoms with van der Waals surface area (Å²) in [7, 11) is 0. The first-order valence-electron chi connectivity index (χ1n) is 12.3. The van der Waals surface area contributed by atoms with Crippen LogP contribution in [0.1, 0.15) is 116 Å². The van der Waals surface area contributed by atoms with Gasteiger partial charge in [0.15, 0.2) is 0 Å². The van der Waals surface area contributed by atoms with Crippen molar-refractivity contribution in [2.45, 2.75) is 117 Å². The van der Waals surface area contributed by atoms with Crippen LogP contribution >= 0.6 is 11.8 Å². The standard InChI is InChI=1S/C27H47NOS/c1-6-7-8-9-10-11-12-13-14-15-16-17-21-30-22-25(29)28-26-23(2)19-18-20-24(26)27(3,4)5/h18-20H,6-17,21-22H2,1-5H3,(H,28,29). The second kappa shape index (κ2) is 15.8. The van der Waals surface area contributed by atoms with Gasteiger partial charge in [-0.25, -0.2) is 0 Å². The van der Waals surface area contributed by atoms with Crippen LogP contribution in [0.4, 0.5) is 5.69 Å². The molecule has 1 aromatic rings. The highest BCUT2D eigenvalue weighted by atomic mass is 32.2. The number of para-hydroxylation sites is 1. The van der Waals surface area contributed by atoms with Gasteiger partial charge in [-0.15, -0.1) is 0 Å². The number of hydrogen-bond donors (Lipinski definition) is 1. The number of rotatable bonds is 16. The number of hydrogen-bond acceptors (Lipinski definition) is 2. The second-order valence-corrected chi connectivity index (χ2v) is 10.8. The van der Waals surface area contributed by atoms with Gasteiger partial charge in [-0.2, -0.15) is 11.8 Å². The molecule has 0 radical (unpaired) electrons. The summed E-state index contributed by atoms with van der Waals surface area (Å²) in [5, 5.41) is 3.17. The van der Waals surface area contributed by atoms with Crippen LogP contribution in [0.2, 0.25) is 0 Å². The molecule has 1 rings (SSSR count). The number of anilines is 1. The van der Waals surface area contributed by atoms with Gasteiger partial charge in [0.2, 0.25) is 5.91 Å². The fraction of sp³-hybridized carbons (Fsp3) is 0.741. The van der Waals surface area contributed by atoms with Crippen LogP contribution in [-0.2, 0) is 10.2 Å². The third-order valence-corrected chi connectivity index (χ3v) is 6.76. The molecule has 0 aliphatic heterocycles. The largest absolute Gasteiger partial charge is 0.325 e. The monoisotopic (exact) mass is 433 g/mol. The van der Waals surface area contributed by atoms with Crippen molar-refractivity contribution in [2.75, 3.05) is 16.8 Å². The zero-order valence-corrected chi connectivity index (χ0v) is 21.3. The molecule has 1 aromatic carbocycles. The molecular formula is C27H47NOS. The minimum Gasteiger partial charge on any atom is -0.325 e. The Morgan fingerprint density at radius 2 is 1.40 bits per heavy atom. The van der Waals surface area contributed by atoms with Crippen LogP contribution in [-0.4, -0.2) is 17.4 Å². The lowest BCUT2D eigenvalue weighted by atomic mass is 9.84. The number of nitrogens with one attached hydrogen (secondary N) is 1. The molecule has 0 atom stereocenters. The number of carbonyl (C=O) groups excluding carboxylic acids is 1. The van der Waals surface area contributed by atoms with Crippen molar-refractivity contribution in [1.29, 1.82) is 0 Å². The summed E-state index contributed by atoms with van der Waals surface area (Å²) in [5.74, 6) is 1.76. The molecule has 2 nitrogen and oxygen atoms in total. The molecule has 3 heteroatoms. The fourth-order valence-corrected chi connectivity index (χ4v) is 4.65. The minimum atomic E-state index is 0.0246. The maximum Gasteiger partial charge on any atom is 0.234 e. The fourth-order valence-electron chi connectivity index (χ4n) is 3.84. The average Bonchev–Trinajstić information content (AvgIpc) is 2.69. The van der Waals surface area contributed by atoms with E-state index in [0.717, 1.165) is 17.0 Å². The Bertz CT molecular complexity index is 591. The average molecular weight is 434 g/mol. The Hall–Kier alpha value is -0.960. The number of amides is 1. The molecular weight excluding hydrogens is 386 g/mol. The Morgan fingerprint density at radius 3 is 1.93 bits per heavy atom. The van der Waals surface area contributed by atoms with Gasteiger partial charge in [-0.3, -0.25) is 4.79 Å². The quantitative estimate of drug-likeness (QED) is 0.264. The highest BCUT2D eigenvalue weighted by Crippen LogP contribution is 2.32. The van der Waals surface area contributed by atoms with Crippen molar-refractivity contribution in [3.05, 3.63) is 29.3 Å². The van der Waals surface area contributed by atoms with E-state index in [-0.39, 0.29) is 11.3 Å². The maximum atomic E-state index is 12.4. The molecule has 0 saturated heterocycles. The predicted molar refractivity (Wildman–Crippen MR) is 137 cm³/mol. The maximum absolute atomic E-state index is 12.4. The third-order valence-electron chi connectivity index (χ3n) is 5.72. The van der Waals surface area contributed by atoms with Crippen LogP contribution in [0, 0.1) is 6.92 Å². The van der Waals surface area contributed by atoms with Gasteiger partial charge < -0.3 is 5.32 Å². The van der Waals surface area contributed by atoms with E-state index < -0.39 is 0 Å². The molecule has 0 unspecified atom stereocenters. The molecule has 172 valence electrons. The van der Waals surface area contributed by atoms with Gasteiger partial charge in [0.1, 0.15) is 0 Å². The van der Waals surface area contributed by atoms with Crippen molar-refractivity contribution >= 4 is 23.4 Å². The highest BCUT2D eigenvalue weighted by Gasteiger charge is 2.20. The van der Waals surface area contributed by atoms with E-state index in [1.165, 1.54) is 82.6 Å². The SMILES string of the molecule is CCCCCCCCCCCCCCSCC(=O)Nc1c(C)cccc1C(C)(C)C. The smallest absolute Gasteiger partial charge is 0.234 e. The molecule has 0 saturated carbocycles. The number of thioether (sulfide) groups is 1. The zero-order chi connectivity index (χ0) is 22.2. The van der Waals surface area contributed by atoms with Crippen molar-refractivity contribution in [2.24, 2.45) is 0 Å². The van der Waals surface area contributed by atoms with Crippen LogP contribution in [0.25, 0.3) is 0 Å². The summed E-state index contributed by atoms with van der Waals surface area (Å²) >= 11 is 1.77. The Balaban J connectivity index is 2.07. The second-order valence-electron chi connectivity index (χ2n) is 9.74. The Morgan fingerprint density at radius 1 is 0.867 bits per heavy atom. The molecule has 0 heterocycles. The summed E-state index contributed by atoms with van der Waals surface area (Å²) in [6.07, 6.45) is 16.5. The number of benzene rings is 1. The van der Waals surface area contributed by atoms with Crippen LogP contribution in [0.5, 0.6) is 0 Å². The zero-order valence-electron chi connectivity index (χ0n) is 20.4. The lowest BCUT2D eigenvalue weighted by Crippen LogP contribution is -2.21. The molecule has 0 spiro atoms. The summed E-state index contributed by atoms with van der Waals surface area (Å²) in [6, 6.07) is 6.28. The normalized spacial score (nSPS) is 11.6. The van der Waals surface area contributed by atoms with E-state index in [4.69, 9.17) is 0 Å². The summed E-state index contributed by atoms with van der Waals surface area (Å²) < 4.78 is 0. The molecule has 0 aliphatic rings. The Kier molecular flexibility index (Phi) is 14.2. The molecule has 1 amide bonds. The van der Waals surface area contributed by atoms with Crippen molar-refractivity contribution in [3.63, 3.8) is 0 Å². The first-order valence-corrected chi connectivity index (χ1v) is 13.5. The van der Waals surface area contributed by atoms with Crippen LogP contribution < -0.4 is 5.32 Å². The van der Waals surface area contributed by atoms with Gasteiger partial charge in [0.05, 0.1) is 5.75 Å². The van der Waals surface area contributed by atoms with Gasteiger partial charge in [-0.05, 0) is 35.6 Å². The summed E-state index contributed by atoms with van der Waals surface area (Å²) in [5.41, 5.74) is 3.38. The molecule has 0 aliphatic carbocycles. The van der Waals surface area contributed by atoms with E-state index in [0.29, 0.717) is 5.75 Å². The van der Waals surface area contributed by atoms with Crippen LogP contribution in [0.3, 0.4) is 0 Å². The van der Waals surface area contributed by atoms with E-state index in [9.17, 15) is 4.79 Å². The number of carbonyl (C=O) groups is 1. The lowest BCUT2D eigenvalue weighted by molar-refractivity contribution is -0.113. The predicted octanol–water partition coefficient (Wildman–Crippen LogP) is 8.67. The van der Waals surface area contributed by atoms with Gasteiger partial charge in [0.25, 0.3) is 0 Å². The minimum absolute atomic E-state index is 0.0246. The van der Waals surface area contributed by atoms with E-state index in [1.807, 2.05) is 0 Å². The van der Waals surface area contributed by atoms with Gasteiger partial charge >= 0.3 is 0 Å². The highest BCUT2D eigenvalue weighted by molar-refractivity contribution is 7.99. The Labute approximate surface area is 191 Å². The summed E-state index contributed by atoms with van der Waals surface area (Å²) in [6.45, 7) is 10.9. The van der Waals surface area contributed by atoms with E-state index in [1.54, 1.807) is 11.8 Å². The van der Waals surface area contributed by atoms with Gasteiger partial charge in [0, 0.05) is 5.69 Å². The lowest BCUT2D eigenvalue weighted by Gasteiger charge is -2.24. The molecule has 0 bridgehead atoms. The number of aryl methyl sites for hydroxylation is 1. The first kappa shape index (κ1) is 27.1. The van der Waals surface area contributed by atoms with Crippen molar-refractivity contribution < 1.29 is 4.79 Å². The molecule has 30 heavy (non-hydrogen) atoms. The van der Waals surface area contributed by atoms with Gasteiger partial charge in [-0.1, -0.05) is 117 Å². The summed E-state index contributed by atoms with van der Waals surface area (Å²) in [4.78, 5) is 12.4. The van der Waals surface area contributed by atoms with E-state index >= 15 is 0 Å².